The lowest BCUT2D eigenvalue weighted by Gasteiger charge is -2.00. The molecule has 0 atom stereocenters. The van der Waals surface area contributed by atoms with Crippen LogP contribution in [0.5, 0.6) is 0 Å². The molecule has 0 saturated carbocycles. The van der Waals surface area contributed by atoms with Gasteiger partial charge < -0.3 is 0 Å². The molecule has 0 N–H and O–H groups in total. The molecular formula is C16H11N. The standard InChI is InChI=1S/C16H11N/c1-10-6-7-14-13(8-10)16-12-5-3-2-4-11(12)9-15(16)17-14/h2-9H,1H3. The summed E-state index contributed by atoms with van der Waals surface area (Å²) in [4.78, 5) is 4.69. The van der Waals surface area contributed by atoms with E-state index in [4.69, 9.17) is 4.99 Å². The second kappa shape index (κ2) is 2.95. The molecule has 0 aromatic heterocycles. The molecule has 1 aliphatic carbocycles. The van der Waals surface area contributed by atoms with E-state index in [2.05, 4.69) is 55.5 Å². The lowest BCUT2D eigenvalue weighted by atomic mass is 10.0. The summed E-state index contributed by atoms with van der Waals surface area (Å²) in [5.41, 5.74) is 6.09. The Hall–Kier alpha value is -2.15. The normalized spacial score (nSPS) is 14.9. The Bertz CT molecular complexity index is 795. The van der Waals surface area contributed by atoms with Crippen LogP contribution < -0.4 is 10.4 Å². The minimum Gasteiger partial charge on any atom is -0.248 e. The van der Waals surface area contributed by atoms with Gasteiger partial charge in [-0.3, -0.25) is 0 Å². The molecule has 1 heterocycles. The van der Waals surface area contributed by atoms with Gasteiger partial charge in [-0.25, -0.2) is 4.99 Å². The van der Waals surface area contributed by atoms with E-state index >= 15 is 0 Å². The largest absolute Gasteiger partial charge is 0.248 e. The van der Waals surface area contributed by atoms with E-state index in [0.717, 1.165) is 11.4 Å². The summed E-state index contributed by atoms with van der Waals surface area (Å²) in [7, 11) is 0. The van der Waals surface area contributed by atoms with Gasteiger partial charge in [0.2, 0.25) is 0 Å². The van der Waals surface area contributed by atoms with Gasteiger partial charge in [0.05, 0.1) is 11.4 Å². The zero-order chi connectivity index (χ0) is 11.4. The smallest absolute Gasteiger partial charge is 0.0728 e. The number of aliphatic imine (C=N–C) groups is 1. The van der Waals surface area contributed by atoms with Crippen molar-refractivity contribution in [2.45, 2.75) is 6.92 Å². The highest BCUT2D eigenvalue weighted by Crippen LogP contribution is 2.34. The van der Waals surface area contributed by atoms with Gasteiger partial charge in [0.25, 0.3) is 0 Å². The lowest BCUT2D eigenvalue weighted by molar-refractivity contribution is 1.43. The fourth-order valence-electron chi connectivity index (χ4n) is 2.66. The predicted molar refractivity (Wildman–Crippen MR) is 70.9 cm³/mol. The Morgan fingerprint density at radius 3 is 2.82 bits per heavy atom. The Labute approximate surface area is 99.5 Å². The molecule has 2 aromatic rings. The third-order valence-corrected chi connectivity index (χ3v) is 3.44. The fourth-order valence-corrected chi connectivity index (χ4v) is 2.66. The van der Waals surface area contributed by atoms with Crippen molar-refractivity contribution in [2.75, 3.05) is 0 Å². The quantitative estimate of drug-likeness (QED) is 0.640. The van der Waals surface area contributed by atoms with Gasteiger partial charge in [-0.1, -0.05) is 35.9 Å². The maximum Gasteiger partial charge on any atom is 0.0728 e. The molecule has 4 rings (SSSR count). The first-order chi connectivity index (χ1) is 8.33. The molecule has 1 nitrogen and oxygen atoms in total. The van der Waals surface area contributed by atoms with Gasteiger partial charge in [-0.2, -0.15) is 0 Å². The van der Waals surface area contributed by atoms with E-state index in [9.17, 15) is 0 Å². The van der Waals surface area contributed by atoms with Crippen LogP contribution in [0.4, 0.5) is 5.69 Å². The maximum absolute atomic E-state index is 4.69. The summed E-state index contributed by atoms with van der Waals surface area (Å²) in [6.07, 6.45) is 2.18. The highest BCUT2D eigenvalue weighted by molar-refractivity contribution is 6.42. The average Bonchev–Trinajstić information content (AvgIpc) is 2.84. The average molecular weight is 217 g/mol. The van der Waals surface area contributed by atoms with Crippen LogP contribution in [0.1, 0.15) is 11.1 Å². The third kappa shape index (κ3) is 1.11. The monoisotopic (exact) mass is 217 g/mol. The molecule has 1 heteroatoms. The number of aryl methyl sites for hydroxylation is 1. The van der Waals surface area contributed by atoms with Crippen LogP contribution in [0.3, 0.4) is 0 Å². The van der Waals surface area contributed by atoms with Crippen LogP contribution in [-0.2, 0) is 0 Å². The molecule has 2 aromatic carbocycles. The fraction of sp³-hybridized carbons (Fsp3) is 0.0625. The second-order valence-electron chi connectivity index (χ2n) is 4.62. The van der Waals surface area contributed by atoms with E-state index < -0.39 is 0 Å². The van der Waals surface area contributed by atoms with Gasteiger partial charge in [-0.05, 0) is 35.6 Å². The molecule has 80 valence electrons. The Kier molecular flexibility index (Phi) is 1.55. The van der Waals surface area contributed by atoms with Gasteiger partial charge >= 0.3 is 0 Å². The minimum absolute atomic E-state index is 1.10. The molecule has 0 fully saturated rings. The number of benzene rings is 2. The first-order valence-electron chi connectivity index (χ1n) is 5.84. The second-order valence-corrected chi connectivity index (χ2v) is 4.62. The molecule has 0 saturated heterocycles. The molecule has 0 radical (unpaired) electrons. The van der Waals surface area contributed by atoms with Crippen LogP contribution in [0.25, 0.3) is 11.6 Å². The third-order valence-electron chi connectivity index (χ3n) is 3.44. The van der Waals surface area contributed by atoms with Crippen molar-refractivity contribution in [3.63, 3.8) is 0 Å². The minimum atomic E-state index is 1.10. The Morgan fingerprint density at radius 2 is 1.88 bits per heavy atom. The summed E-state index contributed by atoms with van der Waals surface area (Å²) in [6, 6.07) is 15.0. The van der Waals surface area contributed by atoms with Gasteiger partial charge in [0, 0.05) is 11.1 Å². The predicted octanol–water partition coefficient (Wildman–Crippen LogP) is 2.07. The number of hydrogen-bond acceptors (Lipinski definition) is 1. The highest BCUT2D eigenvalue weighted by Gasteiger charge is 2.22. The summed E-state index contributed by atoms with van der Waals surface area (Å²) in [5, 5.41) is 2.60. The van der Waals surface area contributed by atoms with E-state index in [1.54, 1.807) is 0 Å². The van der Waals surface area contributed by atoms with Crippen LogP contribution in [-0.4, -0.2) is 5.71 Å². The molecule has 0 bridgehead atoms. The van der Waals surface area contributed by atoms with Crippen LogP contribution in [0.2, 0.25) is 0 Å². The van der Waals surface area contributed by atoms with E-state index in [0.29, 0.717) is 0 Å². The van der Waals surface area contributed by atoms with Crippen molar-refractivity contribution in [3.8, 4) is 0 Å². The molecule has 0 spiro atoms. The molecule has 0 amide bonds. The lowest BCUT2D eigenvalue weighted by Crippen LogP contribution is -2.22. The van der Waals surface area contributed by atoms with Gasteiger partial charge in [0.1, 0.15) is 0 Å². The van der Waals surface area contributed by atoms with E-state index in [-0.39, 0.29) is 0 Å². The van der Waals surface area contributed by atoms with Crippen LogP contribution >= 0.6 is 0 Å². The SMILES string of the molecule is Cc1ccc2c(c1)C1=c3ccccc3=CC1=N2. The molecule has 1 aliphatic heterocycles. The summed E-state index contributed by atoms with van der Waals surface area (Å²) < 4.78 is 0. The Balaban J connectivity index is 2.18. The van der Waals surface area contributed by atoms with Crippen molar-refractivity contribution < 1.29 is 0 Å². The zero-order valence-electron chi connectivity index (χ0n) is 9.57. The first kappa shape index (κ1) is 8.94. The molecule has 2 aliphatic rings. The van der Waals surface area contributed by atoms with Crippen molar-refractivity contribution in [3.05, 3.63) is 64.0 Å². The maximum atomic E-state index is 4.69. The number of rotatable bonds is 0. The van der Waals surface area contributed by atoms with Crippen LogP contribution in [0, 0.1) is 6.92 Å². The van der Waals surface area contributed by atoms with Crippen molar-refractivity contribution in [2.24, 2.45) is 4.99 Å². The van der Waals surface area contributed by atoms with Crippen molar-refractivity contribution in [1.29, 1.82) is 0 Å². The highest BCUT2D eigenvalue weighted by atomic mass is 14.8. The van der Waals surface area contributed by atoms with Crippen LogP contribution in [0.15, 0.2) is 47.5 Å². The number of fused-ring (bicyclic) bond motifs is 4. The Morgan fingerprint density at radius 1 is 1.00 bits per heavy atom. The molecular weight excluding hydrogens is 206 g/mol. The summed E-state index contributed by atoms with van der Waals surface area (Å²) in [5.74, 6) is 0. The van der Waals surface area contributed by atoms with Crippen molar-refractivity contribution >= 4 is 23.0 Å². The zero-order valence-corrected chi connectivity index (χ0v) is 9.57. The van der Waals surface area contributed by atoms with E-state index in [1.807, 2.05) is 0 Å². The van der Waals surface area contributed by atoms with Gasteiger partial charge in [-0.15, -0.1) is 0 Å². The topological polar surface area (TPSA) is 12.4 Å². The van der Waals surface area contributed by atoms with Crippen molar-refractivity contribution in [1.82, 2.24) is 0 Å². The first-order valence-corrected chi connectivity index (χ1v) is 5.84. The summed E-state index contributed by atoms with van der Waals surface area (Å²) >= 11 is 0. The van der Waals surface area contributed by atoms with E-state index in [1.165, 1.54) is 27.1 Å². The van der Waals surface area contributed by atoms with Gasteiger partial charge in [0.15, 0.2) is 0 Å². The summed E-state index contributed by atoms with van der Waals surface area (Å²) in [6.45, 7) is 2.13. The molecule has 17 heavy (non-hydrogen) atoms. The number of nitrogens with zero attached hydrogens (tertiary/aromatic N) is 1. The molecule has 0 unspecified atom stereocenters. The number of hydrogen-bond donors (Lipinski definition) is 0.